The fraction of sp³-hybridized carbons (Fsp3) is 0.571. The number of carbonyl (C=O) groups excluding carboxylic acids is 1. The Balaban J connectivity index is 1.68. The van der Waals surface area contributed by atoms with Gasteiger partial charge in [-0.3, -0.25) is 9.78 Å². The van der Waals surface area contributed by atoms with Gasteiger partial charge in [0.1, 0.15) is 5.69 Å². The molecule has 1 aromatic heterocycles. The third-order valence-electron chi connectivity index (χ3n) is 3.88. The molecule has 1 atom stereocenters. The average Bonchev–Trinajstić information content (AvgIpc) is 2.86. The summed E-state index contributed by atoms with van der Waals surface area (Å²) in [5, 5.41) is 3.18. The number of hydrogen-bond donors (Lipinski definition) is 1. The molecule has 0 saturated carbocycles. The quantitative estimate of drug-likeness (QED) is 0.851. The van der Waals surface area contributed by atoms with Gasteiger partial charge in [0.25, 0.3) is 5.91 Å². The van der Waals surface area contributed by atoms with Gasteiger partial charge in [0, 0.05) is 31.0 Å². The van der Waals surface area contributed by atoms with Crippen LogP contribution in [0.3, 0.4) is 0 Å². The minimum Gasteiger partial charge on any atom is -0.381 e. The van der Waals surface area contributed by atoms with E-state index >= 15 is 0 Å². The van der Waals surface area contributed by atoms with Gasteiger partial charge >= 0.3 is 0 Å². The van der Waals surface area contributed by atoms with E-state index in [1.54, 1.807) is 23.2 Å². The molecule has 7 nitrogen and oxygen atoms in total. The molecule has 2 aliphatic rings. The van der Waals surface area contributed by atoms with E-state index in [1.165, 1.54) is 0 Å². The van der Waals surface area contributed by atoms with Crippen molar-refractivity contribution >= 4 is 21.4 Å². The maximum Gasteiger partial charge on any atom is 0.272 e. The summed E-state index contributed by atoms with van der Waals surface area (Å²) >= 11 is 0. The first-order chi connectivity index (χ1) is 10.5. The second kappa shape index (κ2) is 6.21. The molecule has 0 bridgehead atoms. The van der Waals surface area contributed by atoms with Crippen molar-refractivity contribution in [2.24, 2.45) is 0 Å². The van der Waals surface area contributed by atoms with Gasteiger partial charge in [-0.15, -0.1) is 0 Å². The smallest absolute Gasteiger partial charge is 0.272 e. The molecular weight excluding hydrogens is 306 g/mol. The van der Waals surface area contributed by atoms with Gasteiger partial charge in [0.2, 0.25) is 0 Å². The molecule has 2 fully saturated rings. The molecule has 2 aliphatic heterocycles. The maximum absolute atomic E-state index is 12.4. The summed E-state index contributed by atoms with van der Waals surface area (Å²) in [7, 11) is -2.93. The largest absolute Gasteiger partial charge is 0.381 e. The summed E-state index contributed by atoms with van der Waals surface area (Å²) in [6.07, 6.45) is 2.16. The van der Waals surface area contributed by atoms with E-state index in [1.807, 2.05) is 0 Å². The van der Waals surface area contributed by atoms with Gasteiger partial charge in [0.05, 0.1) is 24.7 Å². The fourth-order valence-electron chi connectivity index (χ4n) is 2.71. The van der Waals surface area contributed by atoms with Gasteiger partial charge in [-0.1, -0.05) is 0 Å². The van der Waals surface area contributed by atoms with E-state index in [9.17, 15) is 13.2 Å². The minimum atomic E-state index is -2.93. The first-order valence-electron chi connectivity index (χ1n) is 7.33. The SMILES string of the molecule is O=C(c1cc(NC2CCS(=O)(=O)C2)ccn1)N1CCOCC1. The van der Waals surface area contributed by atoms with Crippen molar-refractivity contribution < 1.29 is 17.9 Å². The fourth-order valence-corrected chi connectivity index (χ4v) is 4.38. The molecule has 0 spiro atoms. The lowest BCUT2D eigenvalue weighted by atomic mass is 10.2. The van der Waals surface area contributed by atoms with Crippen molar-refractivity contribution in [3.63, 3.8) is 0 Å². The van der Waals surface area contributed by atoms with Gasteiger partial charge < -0.3 is 15.0 Å². The monoisotopic (exact) mass is 325 g/mol. The van der Waals surface area contributed by atoms with Crippen LogP contribution < -0.4 is 5.32 Å². The Hall–Kier alpha value is -1.67. The number of nitrogens with zero attached hydrogens (tertiary/aromatic N) is 2. The minimum absolute atomic E-state index is 0.0984. The number of pyridine rings is 1. The zero-order valence-corrected chi connectivity index (χ0v) is 13.0. The van der Waals surface area contributed by atoms with Crippen LogP contribution in [-0.2, 0) is 14.6 Å². The summed E-state index contributed by atoms with van der Waals surface area (Å²) in [6.45, 7) is 2.23. The lowest BCUT2D eigenvalue weighted by Crippen LogP contribution is -2.41. The molecule has 22 heavy (non-hydrogen) atoms. The first-order valence-corrected chi connectivity index (χ1v) is 9.16. The molecule has 1 unspecified atom stereocenters. The second-order valence-corrected chi connectivity index (χ2v) is 7.81. The van der Waals surface area contributed by atoms with Crippen molar-refractivity contribution in [1.29, 1.82) is 0 Å². The van der Waals surface area contributed by atoms with Crippen molar-refractivity contribution in [2.45, 2.75) is 12.5 Å². The highest BCUT2D eigenvalue weighted by Crippen LogP contribution is 2.18. The molecule has 120 valence electrons. The number of morpholine rings is 1. The molecule has 0 aliphatic carbocycles. The van der Waals surface area contributed by atoms with Crippen molar-refractivity contribution in [3.05, 3.63) is 24.0 Å². The Labute approximate surface area is 129 Å². The number of sulfone groups is 1. The number of nitrogens with one attached hydrogen (secondary N) is 1. The number of ether oxygens (including phenoxy) is 1. The molecule has 1 N–H and O–H groups in total. The van der Waals surface area contributed by atoms with Gasteiger partial charge in [-0.05, 0) is 18.6 Å². The van der Waals surface area contributed by atoms with E-state index in [4.69, 9.17) is 4.74 Å². The highest BCUT2D eigenvalue weighted by atomic mass is 32.2. The van der Waals surface area contributed by atoms with E-state index in [0.717, 1.165) is 5.69 Å². The Bertz CT molecular complexity index is 656. The van der Waals surface area contributed by atoms with Crippen LogP contribution in [0.5, 0.6) is 0 Å². The van der Waals surface area contributed by atoms with Crippen molar-refractivity contribution in [2.75, 3.05) is 43.1 Å². The Morgan fingerprint density at radius 1 is 1.36 bits per heavy atom. The molecular formula is C14H19N3O4S. The summed E-state index contributed by atoms with van der Waals surface area (Å²) in [6, 6.07) is 3.34. The van der Waals surface area contributed by atoms with Crippen LogP contribution in [0.25, 0.3) is 0 Å². The zero-order chi connectivity index (χ0) is 15.6. The van der Waals surface area contributed by atoms with Crippen LogP contribution in [-0.4, -0.2) is 68.1 Å². The van der Waals surface area contributed by atoms with Crippen molar-refractivity contribution in [3.8, 4) is 0 Å². The lowest BCUT2D eigenvalue weighted by Gasteiger charge is -2.26. The van der Waals surface area contributed by atoms with Crippen LogP contribution in [0.15, 0.2) is 18.3 Å². The highest BCUT2D eigenvalue weighted by Gasteiger charge is 2.28. The molecule has 1 amide bonds. The molecule has 2 saturated heterocycles. The topological polar surface area (TPSA) is 88.6 Å². The molecule has 0 aromatic carbocycles. The summed E-state index contributed by atoms with van der Waals surface area (Å²) in [5.41, 5.74) is 1.10. The predicted octanol–water partition coefficient (Wildman–Crippen LogP) is 0.153. The zero-order valence-electron chi connectivity index (χ0n) is 12.2. The molecule has 0 radical (unpaired) electrons. The summed E-state index contributed by atoms with van der Waals surface area (Å²) in [4.78, 5) is 18.2. The third-order valence-corrected chi connectivity index (χ3v) is 5.65. The third kappa shape index (κ3) is 3.56. The molecule has 1 aromatic rings. The Morgan fingerprint density at radius 3 is 2.82 bits per heavy atom. The van der Waals surface area contributed by atoms with E-state index in [0.29, 0.717) is 38.4 Å². The summed E-state index contributed by atoms with van der Waals surface area (Å²) < 4.78 is 28.2. The van der Waals surface area contributed by atoms with Crippen LogP contribution in [0, 0.1) is 0 Å². The van der Waals surface area contributed by atoms with Crippen LogP contribution in [0.4, 0.5) is 5.69 Å². The molecule has 3 heterocycles. The number of hydrogen-bond acceptors (Lipinski definition) is 6. The standard InChI is InChI=1S/C14H19N3O4S/c18-14(17-4-6-21-7-5-17)13-9-11(1-3-15-13)16-12-2-8-22(19,20)10-12/h1,3,9,12H,2,4-8,10H2,(H,15,16). The number of carbonyl (C=O) groups is 1. The number of aromatic nitrogens is 1. The lowest BCUT2D eigenvalue weighted by molar-refractivity contribution is 0.0299. The number of anilines is 1. The molecule has 3 rings (SSSR count). The summed E-state index contributed by atoms with van der Waals surface area (Å²) in [5.74, 6) is 0.239. The maximum atomic E-state index is 12.4. The van der Waals surface area contributed by atoms with Gasteiger partial charge in [-0.25, -0.2) is 8.42 Å². The number of rotatable bonds is 3. The Morgan fingerprint density at radius 2 is 2.14 bits per heavy atom. The molecule has 8 heteroatoms. The predicted molar refractivity (Wildman–Crippen MR) is 81.6 cm³/mol. The van der Waals surface area contributed by atoms with Crippen LogP contribution in [0.1, 0.15) is 16.9 Å². The van der Waals surface area contributed by atoms with Crippen LogP contribution >= 0.6 is 0 Å². The van der Waals surface area contributed by atoms with Gasteiger partial charge in [0.15, 0.2) is 9.84 Å². The van der Waals surface area contributed by atoms with E-state index < -0.39 is 9.84 Å². The first kappa shape index (κ1) is 15.2. The Kier molecular flexibility index (Phi) is 4.30. The second-order valence-electron chi connectivity index (χ2n) is 5.58. The van der Waals surface area contributed by atoms with E-state index in [-0.39, 0.29) is 23.5 Å². The average molecular weight is 325 g/mol. The van der Waals surface area contributed by atoms with E-state index in [2.05, 4.69) is 10.3 Å². The number of amides is 1. The van der Waals surface area contributed by atoms with Crippen molar-refractivity contribution in [1.82, 2.24) is 9.88 Å². The highest BCUT2D eigenvalue weighted by molar-refractivity contribution is 7.91. The van der Waals surface area contributed by atoms with Crippen LogP contribution in [0.2, 0.25) is 0 Å². The van der Waals surface area contributed by atoms with Gasteiger partial charge in [-0.2, -0.15) is 0 Å². The normalized spacial score (nSPS) is 24.2.